The number of hydrogen-bond acceptors (Lipinski definition) is 3. The maximum atomic E-state index is 9.62. The molecule has 2 atom stereocenters. The zero-order valence-electron chi connectivity index (χ0n) is 10.4. The van der Waals surface area contributed by atoms with Crippen LogP contribution in [-0.4, -0.2) is 17.8 Å². The van der Waals surface area contributed by atoms with Gasteiger partial charge in [0.1, 0.15) is 0 Å². The molecule has 17 heavy (non-hydrogen) atoms. The normalized spacial score (nSPS) is 24.6. The van der Waals surface area contributed by atoms with E-state index in [4.69, 9.17) is 5.73 Å². The summed E-state index contributed by atoms with van der Waals surface area (Å²) in [5.74, 6) is 0.584. The maximum Gasteiger partial charge on any atom is 0.0543 e. The molecule has 0 bridgehead atoms. The van der Waals surface area contributed by atoms with E-state index in [1.54, 1.807) is 0 Å². The van der Waals surface area contributed by atoms with E-state index in [1.165, 1.54) is 12.0 Å². The third-order valence-electron chi connectivity index (χ3n) is 3.45. The average molecular weight is 234 g/mol. The van der Waals surface area contributed by atoms with Crippen molar-refractivity contribution in [1.82, 2.24) is 0 Å². The average Bonchev–Trinajstić information content (AvgIpc) is 2.25. The van der Waals surface area contributed by atoms with Crippen LogP contribution in [-0.2, 0) is 0 Å². The van der Waals surface area contributed by atoms with Crippen molar-refractivity contribution in [2.45, 2.75) is 38.7 Å². The molecule has 0 spiro atoms. The molecular weight excluding hydrogens is 212 g/mol. The molecule has 0 aliphatic heterocycles. The first-order valence-corrected chi connectivity index (χ1v) is 6.42. The van der Waals surface area contributed by atoms with Gasteiger partial charge >= 0.3 is 0 Å². The Bertz CT molecular complexity index is 358. The van der Waals surface area contributed by atoms with Crippen molar-refractivity contribution in [2.24, 2.45) is 5.92 Å². The third-order valence-corrected chi connectivity index (χ3v) is 3.45. The van der Waals surface area contributed by atoms with Gasteiger partial charge in [-0.3, -0.25) is 0 Å². The molecule has 0 aromatic heterocycles. The zero-order valence-corrected chi connectivity index (χ0v) is 10.4. The minimum atomic E-state index is -0.0990. The lowest BCUT2D eigenvalue weighted by Crippen LogP contribution is -2.25. The second-order valence-corrected chi connectivity index (χ2v) is 5.20. The van der Waals surface area contributed by atoms with E-state index in [0.717, 1.165) is 37.2 Å². The van der Waals surface area contributed by atoms with Gasteiger partial charge < -0.3 is 16.2 Å². The number of aliphatic hydroxyl groups excluding tert-OH is 1. The summed E-state index contributed by atoms with van der Waals surface area (Å²) in [6.07, 6.45) is 4.15. The molecule has 0 amide bonds. The Labute approximate surface area is 103 Å². The number of nitrogen functional groups attached to an aromatic ring is 1. The molecule has 2 rings (SSSR count). The van der Waals surface area contributed by atoms with Gasteiger partial charge in [-0.1, -0.05) is 6.42 Å². The number of anilines is 2. The van der Waals surface area contributed by atoms with Crippen LogP contribution in [0.25, 0.3) is 0 Å². The second kappa shape index (κ2) is 5.41. The van der Waals surface area contributed by atoms with Gasteiger partial charge in [0.05, 0.1) is 6.10 Å². The van der Waals surface area contributed by atoms with Crippen LogP contribution >= 0.6 is 0 Å². The fourth-order valence-electron chi connectivity index (χ4n) is 2.63. The number of benzene rings is 1. The molecule has 2 unspecified atom stereocenters. The molecule has 3 nitrogen and oxygen atoms in total. The van der Waals surface area contributed by atoms with E-state index in [-0.39, 0.29) is 6.10 Å². The van der Waals surface area contributed by atoms with Gasteiger partial charge in [0.2, 0.25) is 0 Å². The van der Waals surface area contributed by atoms with Crippen LogP contribution in [0.1, 0.15) is 31.2 Å². The van der Waals surface area contributed by atoms with Crippen molar-refractivity contribution >= 4 is 11.4 Å². The van der Waals surface area contributed by atoms with Gasteiger partial charge in [0.15, 0.2) is 0 Å². The van der Waals surface area contributed by atoms with E-state index in [9.17, 15) is 5.11 Å². The minimum Gasteiger partial charge on any atom is -0.399 e. The quantitative estimate of drug-likeness (QED) is 0.704. The highest BCUT2D eigenvalue weighted by Crippen LogP contribution is 2.25. The van der Waals surface area contributed by atoms with Crippen LogP contribution in [0.4, 0.5) is 11.4 Å². The molecule has 1 fully saturated rings. The third kappa shape index (κ3) is 3.63. The predicted octanol–water partition coefficient (Wildman–Crippen LogP) is 2.54. The zero-order chi connectivity index (χ0) is 12.3. The van der Waals surface area contributed by atoms with Crippen LogP contribution in [0.3, 0.4) is 0 Å². The molecule has 0 heterocycles. The number of nitrogens with two attached hydrogens (primary N) is 1. The van der Waals surface area contributed by atoms with Gasteiger partial charge in [-0.25, -0.2) is 0 Å². The smallest absolute Gasteiger partial charge is 0.0543 e. The lowest BCUT2D eigenvalue weighted by atomic mass is 9.87. The van der Waals surface area contributed by atoms with E-state index in [2.05, 4.69) is 11.4 Å². The van der Waals surface area contributed by atoms with Crippen LogP contribution in [0.15, 0.2) is 18.2 Å². The largest absolute Gasteiger partial charge is 0.399 e. The first-order chi connectivity index (χ1) is 8.13. The fraction of sp³-hybridized carbons (Fsp3) is 0.571. The van der Waals surface area contributed by atoms with Crippen LogP contribution in [0, 0.1) is 12.8 Å². The molecule has 3 heteroatoms. The Hall–Kier alpha value is -1.22. The SMILES string of the molecule is Cc1cc(N)cc(NCC2CCCC(O)C2)c1. The van der Waals surface area contributed by atoms with Crippen LogP contribution in [0.5, 0.6) is 0 Å². The number of hydrogen-bond donors (Lipinski definition) is 3. The molecule has 1 aromatic carbocycles. The summed E-state index contributed by atoms with van der Waals surface area (Å²) in [5, 5.41) is 13.0. The first kappa shape index (κ1) is 12.2. The van der Waals surface area contributed by atoms with Crippen molar-refractivity contribution in [3.8, 4) is 0 Å². The monoisotopic (exact) mass is 234 g/mol. The molecular formula is C14H22N2O. The Morgan fingerprint density at radius 1 is 1.35 bits per heavy atom. The maximum absolute atomic E-state index is 9.62. The predicted molar refractivity (Wildman–Crippen MR) is 72.0 cm³/mol. The van der Waals surface area contributed by atoms with Gasteiger partial charge in [-0.2, -0.15) is 0 Å². The summed E-state index contributed by atoms with van der Waals surface area (Å²) in [6, 6.07) is 6.04. The lowest BCUT2D eigenvalue weighted by Gasteiger charge is -2.26. The molecule has 1 saturated carbocycles. The molecule has 0 saturated heterocycles. The van der Waals surface area contributed by atoms with Gasteiger partial charge in [0.25, 0.3) is 0 Å². The minimum absolute atomic E-state index is 0.0990. The van der Waals surface area contributed by atoms with E-state index >= 15 is 0 Å². The van der Waals surface area contributed by atoms with Gasteiger partial charge in [0, 0.05) is 17.9 Å². The Morgan fingerprint density at radius 2 is 2.18 bits per heavy atom. The van der Waals surface area contributed by atoms with Gasteiger partial charge in [-0.15, -0.1) is 0 Å². The highest BCUT2D eigenvalue weighted by atomic mass is 16.3. The summed E-state index contributed by atoms with van der Waals surface area (Å²) in [7, 11) is 0. The Kier molecular flexibility index (Phi) is 3.89. The van der Waals surface area contributed by atoms with Crippen molar-refractivity contribution in [1.29, 1.82) is 0 Å². The highest BCUT2D eigenvalue weighted by molar-refractivity contribution is 5.56. The van der Waals surface area contributed by atoms with Crippen LogP contribution in [0.2, 0.25) is 0 Å². The second-order valence-electron chi connectivity index (χ2n) is 5.20. The van der Waals surface area contributed by atoms with E-state index in [1.807, 2.05) is 19.1 Å². The number of rotatable bonds is 3. The molecule has 0 radical (unpaired) electrons. The number of aliphatic hydroxyl groups is 1. The van der Waals surface area contributed by atoms with Crippen molar-refractivity contribution in [2.75, 3.05) is 17.6 Å². The summed E-state index contributed by atoms with van der Waals surface area (Å²) < 4.78 is 0. The summed E-state index contributed by atoms with van der Waals surface area (Å²) >= 11 is 0. The van der Waals surface area contributed by atoms with Crippen molar-refractivity contribution < 1.29 is 5.11 Å². The van der Waals surface area contributed by atoms with Crippen molar-refractivity contribution in [3.63, 3.8) is 0 Å². The van der Waals surface area contributed by atoms with E-state index in [0.29, 0.717) is 5.92 Å². The molecule has 94 valence electrons. The molecule has 4 N–H and O–H groups in total. The highest BCUT2D eigenvalue weighted by Gasteiger charge is 2.19. The number of aryl methyl sites for hydroxylation is 1. The topological polar surface area (TPSA) is 58.3 Å². The molecule has 1 aromatic rings. The van der Waals surface area contributed by atoms with Crippen molar-refractivity contribution in [3.05, 3.63) is 23.8 Å². The Morgan fingerprint density at radius 3 is 2.88 bits per heavy atom. The number of nitrogens with one attached hydrogen (secondary N) is 1. The molecule has 1 aliphatic rings. The summed E-state index contributed by atoms with van der Waals surface area (Å²) in [5.41, 5.74) is 8.87. The standard InChI is InChI=1S/C14H22N2O/c1-10-5-12(15)8-13(6-10)16-9-11-3-2-4-14(17)7-11/h5-6,8,11,14,16-17H,2-4,7,9,15H2,1H3. The Balaban J connectivity index is 1.88. The lowest BCUT2D eigenvalue weighted by molar-refractivity contribution is 0.105. The molecule has 1 aliphatic carbocycles. The van der Waals surface area contributed by atoms with Crippen LogP contribution < -0.4 is 11.1 Å². The van der Waals surface area contributed by atoms with Gasteiger partial charge in [-0.05, 0) is 55.9 Å². The summed E-state index contributed by atoms with van der Waals surface area (Å²) in [4.78, 5) is 0. The first-order valence-electron chi connectivity index (χ1n) is 6.42. The van der Waals surface area contributed by atoms with E-state index < -0.39 is 0 Å². The fourth-order valence-corrected chi connectivity index (χ4v) is 2.63. The summed E-state index contributed by atoms with van der Waals surface area (Å²) in [6.45, 7) is 2.98.